The van der Waals surface area contributed by atoms with Gasteiger partial charge < -0.3 is 10.1 Å². The van der Waals surface area contributed by atoms with Gasteiger partial charge in [-0.2, -0.15) is 0 Å². The average Bonchev–Trinajstić information content (AvgIpc) is 3.12. The molecule has 0 bridgehead atoms. The Balaban J connectivity index is 2.00. The number of hydrogen-bond acceptors (Lipinski definition) is 3. The molecule has 1 N–H and O–H groups in total. The molecule has 0 amide bonds. The van der Waals surface area contributed by atoms with E-state index in [2.05, 4.69) is 24.1 Å². The highest BCUT2D eigenvalue weighted by Crippen LogP contribution is 2.40. The van der Waals surface area contributed by atoms with Gasteiger partial charge in [-0.15, -0.1) is 0 Å². The minimum absolute atomic E-state index is 0.345. The molecule has 3 nitrogen and oxygen atoms in total. The number of ether oxygens (including phenoxy) is 1. The van der Waals surface area contributed by atoms with E-state index in [-0.39, 0.29) is 0 Å². The maximum absolute atomic E-state index is 5.37. The highest BCUT2D eigenvalue weighted by atomic mass is 16.5. The van der Waals surface area contributed by atoms with Crippen LogP contribution in [0.25, 0.3) is 0 Å². The van der Waals surface area contributed by atoms with Crippen LogP contribution in [-0.2, 0) is 4.74 Å². The van der Waals surface area contributed by atoms with E-state index in [1.165, 1.54) is 45.3 Å². The Morgan fingerprint density at radius 2 is 2.24 bits per heavy atom. The van der Waals surface area contributed by atoms with Gasteiger partial charge in [-0.3, -0.25) is 4.90 Å². The maximum Gasteiger partial charge on any atom is 0.0617 e. The largest absolute Gasteiger partial charge is 0.383 e. The first kappa shape index (κ1) is 13.3. The maximum atomic E-state index is 5.37. The van der Waals surface area contributed by atoms with E-state index >= 15 is 0 Å². The number of nitrogens with one attached hydrogen (secondary N) is 1. The van der Waals surface area contributed by atoms with Crippen LogP contribution in [0.15, 0.2) is 0 Å². The summed E-state index contributed by atoms with van der Waals surface area (Å²) in [5, 5.41) is 3.79. The highest BCUT2D eigenvalue weighted by Gasteiger charge is 2.43. The van der Waals surface area contributed by atoms with Crippen LogP contribution < -0.4 is 5.32 Å². The normalized spacial score (nSPS) is 33.4. The van der Waals surface area contributed by atoms with Crippen LogP contribution >= 0.6 is 0 Å². The van der Waals surface area contributed by atoms with Gasteiger partial charge in [0.15, 0.2) is 0 Å². The lowest BCUT2D eigenvalue weighted by Gasteiger charge is -2.37. The Morgan fingerprint density at radius 1 is 1.47 bits per heavy atom. The Labute approximate surface area is 106 Å². The van der Waals surface area contributed by atoms with Gasteiger partial charge in [0.25, 0.3) is 0 Å². The van der Waals surface area contributed by atoms with E-state index in [9.17, 15) is 0 Å². The molecule has 1 aliphatic carbocycles. The van der Waals surface area contributed by atoms with E-state index in [1.807, 2.05) is 7.11 Å². The van der Waals surface area contributed by atoms with Gasteiger partial charge >= 0.3 is 0 Å². The molecule has 2 unspecified atom stereocenters. The zero-order chi connectivity index (χ0) is 12.3. The predicted molar refractivity (Wildman–Crippen MR) is 71.3 cm³/mol. The summed E-state index contributed by atoms with van der Waals surface area (Å²) < 4.78 is 5.37. The van der Waals surface area contributed by atoms with Crippen molar-refractivity contribution in [2.45, 2.75) is 51.1 Å². The summed E-state index contributed by atoms with van der Waals surface area (Å²) in [7, 11) is 1.82. The molecular weight excluding hydrogens is 212 g/mol. The van der Waals surface area contributed by atoms with E-state index in [0.717, 1.165) is 12.5 Å². The lowest BCUT2D eigenvalue weighted by atomic mass is 9.94. The molecule has 100 valence electrons. The molecule has 0 aromatic heterocycles. The monoisotopic (exact) mass is 240 g/mol. The van der Waals surface area contributed by atoms with Gasteiger partial charge in [0.2, 0.25) is 0 Å². The third-order valence-corrected chi connectivity index (χ3v) is 4.51. The summed E-state index contributed by atoms with van der Waals surface area (Å²) >= 11 is 0. The van der Waals surface area contributed by atoms with Crippen molar-refractivity contribution in [3.05, 3.63) is 0 Å². The van der Waals surface area contributed by atoms with Crippen LogP contribution in [0.4, 0.5) is 0 Å². The van der Waals surface area contributed by atoms with Crippen LogP contribution in [0.3, 0.4) is 0 Å². The quantitative estimate of drug-likeness (QED) is 0.794. The first-order chi connectivity index (χ1) is 8.19. The Kier molecular flexibility index (Phi) is 4.45. The molecule has 2 aliphatic rings. The summed E-state index contributed by atoms with van der Waals surface area (Å²) in [5.74, 6) is 0.906. The Morgan fingerprint density at radius 3 is 2.82 bits per heavy atom. The second-order valence-electron chi connectivity index (χ2n) is 5.96. The van der Waals surface area contributed by atoms with Crippen LogP contribution in [0, 0.1) is 5.92 Å². The topological polar surface area (TPSA) is 24.5 Å². The van der Waals surface area contributed by atoms with Crippen LogP contribution in [0.5, 0.6) is 0 Å². The molecule has 1 saturated carbocycles. The van der Waals surface area contributed by atoms with Crippen molar-refractivity contribution >= 4 is 0 Å². The fraction of sp³-hybridized carbons (Fsp3) is 1.00. The lowest BCUT2D eigenvalue weighted by Crippen LogP contribution is -2.53. The van der Waals surface area contributed by atoms with Crippen LogP contribution in [0.1, 0.15) is 39.5 Å². The minimum Gasteiger partial charge on any atom is -0.383 e. The van der Waals surface area contributed by atoms with Gasteiger partial charge in [-0.1, -0.05) is 6.92 Å². The third-order valence-electron chi connectivity index (χ3n) is 4.51. The zero-order valence-electron chi connectivity index (χ0n) is 11.7. The Bertz CT molecular complexity index is 242. The van der Waals surface area contributed by atoms with E-state index in [0.29, 0.717) is 11.6 Å². The van der Waals surface area contributed by atoms with Crippen molar-refractivity contribution in [3.8, 4) is 0 Å². The van der Waals surface area contributed by atoms with E-state index in [4.69, 9.17) is 4.74 Å². The summed E-state index contributed by atoms with van der Waals surface area (Å²) in [4.78, 5) is 2.65. The van der Waals surface area contributed by atoms with Gasteiger partial charge in [0, 0.05) is 25.2 Å². The fourth-order valence-electron chi connectivity index (χ4n) is 3.19. The van der Waals surface area contributed by atoms with Crippen molar-refractivity contribution in [2.24, 2.45) is 5.92 Å². The molecule has 17 heavy (non-hydrogen) atoms. The first-order valence-electron chi connectivity index (χ1n) is 7.17. The average molecular weight is 240 g/mol. The molecule has 0 radical (unpaired) electrons. The fourth-order valence-corrected chi connectivity index (χ4v) is 3.19. The molecule has 1 aliphatic heterocycles. The Hall–Kier alpha value is -0.120. The molecule has 2 fully saturated rings. The number of methoxy groups -OCH3 is 1. The highest BCUT2D eigenvalue weighted by molar-refractivity contribution is 5.01. The lowest BCUT2D eigenvalue weighted by molar-refractivity contribution is 0.0728. The van der Waals surface area contributed by atoms with Crippen molar-refractivity contribution in [2.75, 3.05) is 33.4 Å². The van der Waals surface area contributed by atoms with Crippen LogP contribution in [0.2, 0.25) is 0 Å². The molecule has 0 aromatic rings. The van der Waals surface area contributed by atoms with Crippen molar-refractivity contribution < 1.29 is 4.74 Å². The van der Waals surface area contributed by atoms with E-state index < -0.39 is 0 Å². The van der Waals surface area contributed by atoms with Crippen molar-refractivity contribution in [1.29, 1.82) is 0 Å². The van der Waals surface area contributed by atoms with Gasteiger partial charge in [0.1, 0.15) is 0 Å². The smallest absolute Gasteiger partial charge is 0.0617 e. The third kappa shape index (κ3) is 3.21. The number of rotatable bonds is 5. The van der Waals surface area contributed by atoms with Crippen molar-refractivity contribution in [3.63, 3.8) is 0 Å². The first-order valence-corrected chi connectivity index (χ1v) is 7.17. The minimum atomic E-state index is 0.345. The second kappa shape index (κ2) is 5.68. The number of hydrogen-bond donors (Lipinski definition) is 1. The summed E-state index contributed by atoms with van der Waals surface area (Å²) in [6, 6.07) is 0.595. The molecule has 0 aromatic carbocycles. The van der Waals surface area contributed by atoms with Crippen molar-refractivity contribution in [1.82, 2.24) is 10.2 Å². The molecule has 2 atom stereocenters. The van der Waals surface area contributed by atoms with Gasteiger partial charge in [-0.25, -0.2) is 0 Å². The molecule has 3 heteroatoms. The second-order valence-corrected chi connectivity index (χ2v) is 5.96. The van der Waals surface area contributed by atoms with E-state index in [1.54, 1.807) is 0 Å². The molecule has 1 saturated heterocycles. The number of nitrogens with zero attached hydrogens (tertiary/aromatic N) is 1. The molecular formula is C14H28N2O. The molecule has 2 rings (SSSR count). The summed E-state index contributed by atoms with van der Waals surface area (Å²) in [5.41, 5.74) is 0.345. The predicted octanol–water partition coefficient (Wildman–Crippen LogP) is 1.88. The molecule has 0 spiro atoms. The SMILES string of the molecule is CCC(COC)N1CCCNC(C)(C2CC2)C1. The van der Waals surface area contributed by atoms with Gasteiger partial charge in [0.05, 0.1) is 6.61 Å². The van der Waals surface area contributed by atoms with Crippen LogP contribution in [-0.4, -0.2) is 49.8 Å². The zero-order valence-corrected chi connectivity index (χ0v) is 11.7. The summed E-state index contributed by atoms with van der Waals surface area (Å²) in [6.07, 6.45) is 5.29. The summed E-state index contributed by atoms with van der Waals surface area (Å²) in [6.45, 7) is 9.15. The standard InChI is InChI=1S/C14H28N2O/c1-4-13(10-17-3)16-9-5-8-15-14(2,11-16)12-6-7-12/h12-13,15H,4-11H2,1-3H3. The molecule has 1 heterocycles. The van der Waals surface area contributed by atoms with Gasteiger partial charge in [-0.05, 0) is 51.6 Å².